The normalized spacial score (nSPS) is 11.6. The number of benzene rings is 3. The molecule has 0 saturated carbocycles. The van der Waals surface area contributed by atoms with E-state index in [1.54, 1.807) is 16.7 Å². The van der Waals surface area contributed by atoms with E-state index >= 15 is 0 Å². The van der Waals surface area contributed by atoms with Gasteiger partial charge in [-0.25, -0.2) is 0 Å². The zero-order valence-corrected chi connectivity index (χ0v) is 20.2. The van der Waals surface area contributed by atoms with Crippen molar-refractivity contribution in [1.82, 2.24) is 10.2 Å². The Morgan fingerprint density at radius 2 is 1.58 bits per heavy atom. The van der Waals surface area contributed by atoms with Crippen molar-refractivity contribution in [1.29, 1.82) is 0 Å². The van der Waals surface area contributed by atoms with Gasteiger partial charge < -0.3 is 10.2 Å². The van der Waals surface area contributed by atoms with Crippen molar-refractivity contribution in [3.8, 4) is 0 Å². The zero-order chi connectivity index (χ0) is 23.5. The van der Waals surface area contributed by atoms with Crippen molar-refractivity contribution in [3.05, 3.63) is 102 Å². The molecular weight excluding hydrogens is 428 g/mol. The Hall–Kier alpha value is -3.05. The van der Waals surface area contributed by atoms with Gasteiger partial charge in [0.25, 0.3) is 0 Å². The molecule has 0 saturated heterocycles. The highest BCUT2D eigenvalue weighted by Gasteiger charge is 2.29. The largest absolute Gasteiger partial charge is 0.355 e. The maximum absolute atomic E-state index is 13.5. The van der Waals surface area contributed by atoms with E-state index in [1.807, 2.05) is 92.7 Å². The van der Waals surface area contributed by atoms with Gasteiger partial charge >= 0.3 is 0 Å². The Morgan fingerprint density at radius 3 is 2.24 bits per heavy atom. The summed E-state index contributed by atoms with van der Waals surface area (Å²) in [7, 11) is 0. The van der Waals surface area contributed by atoms with Gasteiger partial charge in [0.05, 0.1) is 0 Å². The van der Waals surface area contributed by atoms with Crippen LogP contribution >= 0.6 is 11.8 Å². The van der Waals surface area contributed by atoms with Gasteiger partial charge in [0.15, 0.2) is 0 Å². The summed E-state index contributed by atoms with van der Waals surface area (Å²) in [5, 5.41) is 2.94. The van der Waals surface area contributed by atoms with Crippen LogP contribution in [0.3, 0.4) is 0 Å². The highest BCUT2D eigenvalue weighted by Crippen LogP contribution is 2.21. The molecule has 5 heteroatoms. The number of rotatable bonds is 11. The van der Waals surface area contributed by atoms with Gasteiger partial charge in [-0.15, -0.1) is 11.8 Å². The van der Waals surface area contributed by atoms with E-state index in [-0.39, 0.29) is 11.8 Å². The number of carbonyl (C=O) groups excluding carboxylic acids is 2. The van der Waals surface area contributed by atoms with Crippen molar-refractivity contribution in [3.63, 3.8) is 0 Å². The third-order valence-electron chi connectivity index (χ3n) is 5.39. The number of aryl methyl sites for hydroxylation is 1. The minimum absolute atomic E-state index is 0.00729. The molecule has 0 fully saturated rings. The van der Waals surface area contributed by atoms with Crippen molar-refractivity contribution in [2.45, 2.75) is 44.2 Å². The summed E-state index contributed by atoms with van der Waals surface area (Å²) in [5.74, 6) is 0.547. The molecule has 172 valence electrons. The fourth-order valence-electron chi connectivity index (χ4n) is 3.77. The molecule has 0 spiro atoms. The van der Waals surface area contributed by atoms with Gasteiger partial charge in [-0.2, -0.15) is 0 Å². The number of hydrogen-bond acceptors (Lipinski definition) is 3. The molecule has 1 unspecified atom stereocenters. The summed E-state index contributed by atoms with van der Waals surface area (Å²) in [6.07, 6.45) is 0.853. The highest BCUT2D eigenvalue weighted by molar-refractivity contribution is 7.99. The summed E-state index contributed by atoms with van der Waals surface area (Å²) >= 11 is 1.66. The second-order valence-electron chi connectivity index (χ2n) is 8.02. The second-order valence-corrected chi connectivity index (χ2v) is 9.19. The van der Waals surface area contributed by atoms with Crippen molar-refractivity contribution < 1.29 is 9.59 Å². The fourth-order valence-corrected chi connectivity index (χ4v) is 4.63. The molecule has 0 aliphatic heterocycles. The van der Waals surface area contributed by atoms with Gasteiger partial charge in [-0.1, -0.05) is 78.4 Å². The number of nitrogens with one attached hydrogen (secondary N) is 1. The van der Waals surface area contributed by atoms with Gasteiger partial charge in [0, 0.05) is 36.6 Å². The zero-order valence-electron chi connectivity index (χ0n) is 19.4. The van der Waals surface area contributed by atoms with Crippen LogP contribution in [-0.4, -0.2) is 35.1 Å². The molecule has 3 rings (SSSR count). The van der Waals surface area contributed by atoms with Crippen LogP contribution in [0.1, 0.15) is 30.0 Å². The van der Waals surface area contributed by atoms with E-state index < -0.39 is 6.04 Å². The molecule has 0 aliphatic rings. The Kier molecular flexibility index (Phi) is 9.58. The molecule has 3 aromatic rings. The Bertz CT molecular complexity index is 1020. The average Bonchev–Trinajstić information content (AvgIpc) is 2.83. The van der Waals surface area contributed by atoms with Crippen LogP contribution in [0.2, 0.25) is 0 Å². The summed E-state index contributed by atoms with van der Waals surface area (Å²) in [6.45, 7) is 4.88. The first kappa shape index (κ1) is 24.6. The van der Waals surface area contributed by atoms with Crippen LogP contribution < -0.4 is 5.32 Å². The monoisotopic (exact) mass is 460 g/mol. The van der Waals surface area contributed by atoms with Crippen molar-refractivity contribution in [2.24, 2.45) is 0 Å². The Labute approximate surface area is 201 Å². The molecule has 4 nitrogen and oxygen atoms in total. The van der Waals surface area contributed by atoms with Crippen LogP contribution in [0.4, 0.5) is 0 Å². The lowest BCUT2D eigenvalue weighted by Crippen LogP contribution is -2.50. The average molecular weight is 461 g/mol. The second kappa shape index (κ2) is 12.9. The molecule has 0 aliphatic carbocycles. The summed E-state index contributed by atoms with van der Waals surface area (Å²) in [4.78, 5) is 29.5. The maximum atomic E-state index is 13.5. The Balaban J connectivity index is 1.82. The van der Waals surface area contributed by atoms with E-state index in [4.69, 9.17) is 0 Å². The third-order valence-corrected chi connectivity index (χ3v) is 6.40. The molecule has 2 amide bonds. The minimum atomic E-state index is -0.568. The maximum Gasteiger partial charge on any atom is 0.243 e. The van der Waals surface area contributed by atoms with E-state index in [0.29, 0.717) is 31.7 Å². The van der Waals surface area contributed by atoms with Gasteiger partial charge in [0.1, 0.15) is 6.04 Å². The van der Waals surface area contributed by atoms with E-state index in [1.165, 1.54) is 0 Å². The summed E-state index contributed by atoms with van der Waals surface area (Å²) in [6, 6.07) is 27.5. The van der Waals surface area contributed by atoms with E-state index in [0.717, 1.165) is 21.6 Å². The fraction of sp³-hybridized carbons (Fsp3) is 0.286. The van der Waals surface area contributed by atoms with Crippen LogP contribution in [0.5, 0.6) is 0 Å². The number of thioether (sulfide) groups is 1. The molecule has 0 bridgehead atoms. The number of carbonyl (C=O) groups is 2. The SMILES string of the molecule is CCNC(=O)C(Cc1ccccc1)N(Cc1cccc(C)c1)C(=O)CCSc1ccccc1. The number of nitrogens with zero attached hydrogens (tertiary/aromatic N) is 1. The topological polar surface area (TPSA) is 49.4 Å². The molecule has 0 radical (unpaired) electrons. The standard InChI is InChI=1S/C28H32N2O2S/c1-3-29-28(32)26(20-23-12-6-4-7-13-23)30(21-24-14-10-11-22(2)19-24)27(31)17-18-33-25-15-8-5-9-16-25/h4-16,19,26H,3,17-18,20-21H2,1-2H3,(H,29,32). The molecular formula is C28H32N2O2S. The minimum Gasteiger partial charge on any atom is -0.355 e. The lowest BCUT2D eigenvalue weighted by Gasteiger charge is -2.31. The van der Waals surface area contributed by atoms with Crippen LogP contribution in [0, 0.1) is 6.92 Å². The van der Waals surface area contributed by atoms with Gasteiger partial charge in [-0.3, -0.25) is 9.59 Å². The lowest BCUT2D eigenvalue weighted by molar-refractivity contribution is -0.140. The van der Waals surface area contributed by atoms with Crippen LogP contribution in [0.15, 0.2) is 89.8 Å². The summed E-state index contributed by atoms with van der Waals surface area (Å²) in [5.41, 5.74) is 3.20. The van der Waals surface area contributed by atoms with Gasteiger partial charge in [-0.05, 0) is 37.1 Å². The molecule has 3 aromatic carbocycles. The Morgan fingerprint density at radius 1 is 0.909 bits per heavy atom. The van der Waals surface area contributed by atoms with E-state index in [2.05, 4.69) is 11.4 Å². The van der Waals surface area contributed by atoms with Crippen molar-refractivity contribution in [2.75, 3.05) is 12.3 Å². The van der Waals surface area contributed by atoms with Crippen LogP contribution in [-0.2, 0) is 22.6 Å². The highest BCUT2D eigenvalue weighted by atomic mass is 32.2. The number of amides is 2. The first-order valence-corrected chi connectivity index (χ1v) is 12.4. The summed E-state index contributed by atoms with van der Waals surface area (Å²) < 4.78 is 0. The molecule has 33 heavy (non-hydrogen) atoms. The molecule has 0 heterocycles. The van der Waals surface area contributed by atoms with Crippen molar-refractivity contribution >= 4 is 23.6 Å². The lowest BCUT2D eigenvalue weighted by atomic mass is 10.0. The number of likely N-dealkylation sites (N-methyl/N-ethyl adjacent to an activating group) is 1. The first-order chi connectivity index (χ1) is 16.1. The van der Waals surface area contributed by atoms with Crippen LogP contribution in [0.25, 0.3) is 0 Å². The predicted molar refractivity (Wildman–Crippen MR) is 136 cm³/mol. The predicted octanol–water partition coefficient (Wildman–Crippen LogP) is 5.25. The quantitative estimate of drug-likeness (QED) is 0.398. The van der Waals surface area contributed by atoms with Gasteiger partial charge in [0.2, 0.25) is 11.8 Å². The first-order valence-electron chi connectivity index (χ1n) is 11.4. The smallest absolute Gasteiger partial charge is 0.243 e. The third kappa shape index (κ3) is 7.79. The van der Waals surface area contributed by atoms with E-state index in [9.17, 15) is 9.59 Å². The molecule has 1 atom stereocenters. The number of hydrogen-bond donors (Lipinski definition) is 1. The molecule has 1 N–H and O–H groups in total. The molecule has 0 aromatic heterocycles.